The summed E-state index contributed by atoms with van der Waals surface area (Å²) in [5.74, 6) is 1.38. The Bertz CT molecular complexity index is 814. The van der Waals surface area contributed by atoms with Crippen LogP contribution >= 0.6 is 39.1 Å². The van der Waals surface area contributed by atoms with E-state index in [0.717, 1.165) is 27.1 Å². The molecule has 3 rings (SSSR count). The molecule has 0 saturated carbocycles. The largest absolute Gasteiger partial charge is 0.281 e. The topological polar surface area (TPSA) is 30.7 Å². The van der Waals surface area contributed by atoms with Gasteiger partial charge in [-0.2, -0.15) is 0 Å². The van der Waals surface area contributed by atoms with Crippen LogP contribution in [0.4, 0.5) is 0 Å². The minimum atomic E-state index is 0.504. The van der Waals surface area contributed by atoms with E-state index < -0.39 is 0 Å². The first-order chi connectivity index (χ1) is 10.1. The third-order valence-electron chi connectivity index (χ3n) is 3.27. The number of rotatable bonds is 3. The molecule has 0 radical (unpaired) electrons. The van der Waals surface area contributed by atoms with Crippen molar-refractivity contribution in [2.24, 2.45) is 0 Å². The minimum absolute atomic E-state index is 0.504. The third kappa shape index (κ3) is 2.80. The summed E-state index contributed by atoms with van der Waals surface area (Å²) in [6.45, 7) is 2.05. The van der Waals surface area contributed by atoms with Crippen molar-refractivity contribution in [1.82, 2.24) is 14.5 Å². The highest BCUT2D eigenvalue weighted by molar-refractivity contribution is 9.10. The Kier molecular flexibility index (Phi) is 4.20. The van der Waals surface area contributed by atoms with E-state index in [1.54, 1.807) is 6.20 Å². The van der Waals surface area contributed by atoms with Gasteiger partial charge >= 0.3 is 0 Å². The number of pyridine rings is 1. The van der Waals surface area contributed by atoms with Crippen LogP contribution in [-0.4, -0.2) is 20.4 Å². The fourth-order valence-corrected chi connectivity index (χ4v) is 2.92. The summed E-state index contributed by atoms with van der Waals surface area (Å²) in [5.41, 5.74) is 3.75. The Hall–Kier alpha value is -1.10. The van der Waals surface area contributed by atoms with Crippen molar-refractivity contribution >= 4 is 50.3 Å². The Balaban J connectivity index is 2.27. The molecule has 2 heterocycles. The molecule has 6 heteroatoms. The molecule has 0 fully saturated rings. The van der Waals surface area contributed by atoms with E-state index in [1.165, 1.54) is 5.56 Å². The third-order valence-corrected chi connectivity index (χ3v) is 4.52. The highest BCUT2D eigenvalue weighted by atomic mass is 79.9. The molecule has 2 aromatic heterocycles. The van der Waals surface area contributed by atoms with E-state index in [0.29, 0.717) is 17.3 Å². The van der Waals surface area contributed by atoms with Gasteiger partial charge in [0, 0.05) is 28.7 Å². The number of fused-ring (bicyclic) bond motifs is 1. The Labute approximate surface area is 141 Å². The number of halogens is 3. The lowest BCUT2D eigenvalue weighted by Gasteiger charge is -2.09. The van der Waals surface area contributed by atoms with E-state index >= 15 is 0 Å². The fraction of sp³-hybridized carbons (Fsp3) is 0.200. The van der Waals surface area contributed by atoms with Gasteiger partial charge in [0.1, 0.15) is 11.3 Å². The molecule has 0 unspecified atom stereocenters. The first-order valence-corrected chi connectivity index (χ1v) is 8.16. The van der Waals surface area contributed by atoms with Crippen molar-refractivity contribution in [2.75, 3.05) is 5.88 Å². The smallest absolute Gasteiger partial charge is 0.164 e. The van der Waals surface area contributed by atoms with Gasteiger partial charge in [-0.25, -0.2) is 9.97 Å². The molecular weight excluding hydrogens is 373 g/mol. The van der Waals surface area contributed by atoms with E-state index in [2.05, 4.69) is 51.0 Å². The highest BCUT2D eigenvalue weighted by Crippen LogP contribution is 2.26. The van der Waals surface area contributed by atoms with E-state index in [9.17, 15) is 0 Å². The minimum Gasteiger partial charge on any atom is -0.281 e. The molecule has 0 spiro atoms. The summed E-state index contributed by atoms with van der Waals surface area (Å²) in [7, 11) is 0. The van der Waals surface area contributed by atoms with Crippen LogP contribution in [0, 0.1) is 6.92 Å². The van der Waals surface area contributed by atoms with Gasteiger partial charge in [-0.15, -0.1) is 11.6 Å². The number of hydrogen-bond acceptors (Lipinski definition) is 2. The molecule has 0 aliphatic heterocycles. The lowest BCUT2D eigenvalue weighted by Crippen LogP contribution is -2.03. The second kappa shape index (κ2) is 5.95. The lowest BCUT2D eigenvalue weighted by atomic mass is 10.2. The average Bonchev–Trinajstić information content (AvgIpc) is 2.79. The van der Waals surface area contributed by atoms with Crippen molar-refractivity contribution in [3.63, 3.8) is 0 Å². The quantitative estimate of drug-likeness (QED) is 0.599. The Morgan fingerprint density at radius 1 is 1.29 bits per heavy atom. The predicted octanol–water partition coefficient (Wildman–Crippen LogP) is 4.93. The highest BCUT2D eigenvalue weighted by Gasteiger charge is 2.14. The number of benzene rings is 1. The molecule has 0 bridgehead atoms. The molecule has 3 nitrogen and oxygen atoms in total. The van der Waals surface area contributed by atoms with Crippen LogP contribution in [-0.2, 0) is 6.42 Å². The molecule has 1 aromatic carbocycles. The Morgan fingerprint density at radius 2 is 2.10 bits per heavy atom. The second-order valence-corrected chi connectivity index (χ2v) is 6.40. The van der Waals surface area contributed by atoms with Crippen molar-refractivity contribution in [2.45, 2.75) is 13.3 Å². The van der Waals surface area contributed by atoms with Gasteiger partial charge in [0.15, 0.2) is 5.65 Å². The number of aromatic nitrogens is 3. The maximum atomic E-state index is 6.00. The zero-order valence-corrected chi connectivity index (χ0v) is 14.4. The number of nitrogens with zero attached hydrogens (tertiary/aromatic N) is 3. The number of imidazole rings is 1. The number of alkyl halides is 1. The molecule has 0 saturated heterocycles. The molecule has 0 N–H and O–H groups in total. The van der Waals surface area contributed by atoms with E-state index in [4.69, 9.17) is 23.2 Å². The number of aryl methyl sites for hydroxylation is 2. The van der Waals surface area contributed by atoms with Crippen LogP contribution in [0.2, 0.25) is 5.02 Å². The summed E-state index contributed by atoms with van der Waals surface area (Å²) in [5, 5.41) is 0.578. The maximum Gasteiger partial charge on any atom is 0.164 e. The van der Waals surface area contributed by atoms with Gasteiger partial charge < -0.3 is 0 Å². The van der Waals surface area contributed by atoms with Crippen LogP contribution in [0.1, 0.15) is 11.4 Å². The fourth-order valence-electron chi connectivity index (χ4n) is 2.23. The molecule has 21 heavy (non-hydrogen) atoms. The van der Waals surface area contributed by atoms with Gasteiger partial charge in [0.05, 0.1) is 5.02 Å². The van der Waals surface area contributed by atoms with Crippen LogP contribution < -0.4 is 0 Å². The normalized spacial score (nSPS) is 11.2. The predicted molar refractivity (Wildman–Crippen MR) is 90.7 cm³/mol. The molecule has 3 aromatic rings. The first-order valence-electron chi connectivity index (χ1n) is 6.45. The summed E-state index contributed by atoms with van der Waals surface area (Å²) < 4.78 is 3.07. The van der Waals surface area contributed by atoms with Gasteiger partial charge in [0.2, 0.25) is 0 Å². The molecule has 0 atom stereocenters. The maximum absolute atomic E-state index is 6.00. The molecule has 0 aliphatic carbocycles. The zero-order valence-electron chi connectivity index (χ0n) is 11.3. The summed E-state index contributed by atoms with van der Waals surface area (Å²) in [6.07, 6.45) is 2.30. The van der Waals surface area contributed by atoms with Crippen molar-refractivity contribution in [3.8, 4) is 5.69 Å². The monoisotopic (exact) mass is 383 g/mol. The van der Waals surface area contributed by atoms with Gasteiger partial charge in [-0.3, -0.25) is 4.57 Å². The molecular formula is C15H12BrCl2N3. The van der Waals surface area contributed by atoms with Crippen molar-refractivity contribution in [3.05, 3.63) is 51.3 Å². The second-order valence-electron chi connectivity index (χ2n) is 4.73. The molecule has 0 aliphatic rings. The number of hydrogen-bond donors (Lipinski definition) is 0. The Morgan fingerprint density at radius 3 is 2.81 bits per heavy atom. The summed E-state index contributed by atoms with van der Waals surface area (Å²) >= 11 is 15.5. The van der Waals surface area contributed by atoms with Crippen LogP contribution in [0.5, 0.6) is 0 Å². The van der Waals surface area contributed by atoms with E-state index in [1.807, 2.05) is 10.6 Å². The van der Waals surface area contributed by atoms with Gasteiger partial charge in [-0.05, 0) is 30.7 Å². The zero-order chi connectivity index (χ0) is 15.0. The van der Waals surface area contributed by atoms with Crippen molar-refractivity contribution in [1.29, 1.82) is 0 Å². The van der Waals surface area contributed by atoms with Crippen LogP contribution in [0.25, 0.3) is 16.9 Å². The first kappa shape index (κ1) is 14.8. The standard InChI is InChI=1S/C15H12BrCl2N3/c1-9-2-3-11(7-12(9)16)21-14(4-5-17)20-13-6-10(18)8-19-15(13)21/h2-3,6-8H,4-5H2,1H3. The van der Waals surface area contributed by atoms with Crippen LogP contribution in [0.3, 0.4) is 0 Å². The van der Waals surface area contributed by atoms with E-state index in [-0.39, 0.29) is 0 Å². The SMILES string of the molecule is Cc1ccc(-n2c(CCCl)nc3cc(Cl)cnc32)cc1Br. The average molecular weight is 385 g/mol. The summed E-state index contributed by atoms with van der Waals surface area (Å²) in [4.78, 5) is 9.03. The molecule has 108 valence electrons. The summed E-state index contributed by atoms with van der Waals surface area (Å²) in [6, 6.07) is 7.99. The van der Waals surface area contributed by atoms with Crippen LogP contribution in [0.15, 0.2) is 34.9 Å². The van der Waals surface area contributed by atoms with Crippen molar-refractivity contribution < 1.29 is 0 Å². The molecule has 0 amide bonds. The van der Waals surface area contributed by atoms with Gasteiger partial charge in [0.25, 0.3) is 0 Å². The van der Waals surface area contributed by atoms with Gasteiger partial charge in [-0.1, -0.05) is 33.6 Å². The lowest BCUT2D eigenvalue weighted by molar-refractivity contribution is 0.904.